The monoisotopic (exact) mass is 367 g/mol. The number of aromatic nitrogens is 1. The topological polar surface area (TPSA) is 63.2 Å². The van der Waals surface area contributed by atoms with Crippen molar-refractivity contribution in [2.24, 2.45) is 0 Å². The Hall–Kier alpha value is -2.86. The maximum atomic E-state index is 12.2. The van der Waals surface area contributed by atoms with Gasteiger partial charge in [-0.3, -0.25) is 0 Å². The lowest BCUT2D eigenvalue weighted by molar-refractivity contribution is 0.237. The summed E-state index contributed by atoms with van der Waals surface area (Å²) in [5.74, 6) is 1.49. The van der Waals surface area contributed by atoms with Crippen molar-refractivity contribution in [1.29, 1.82) is 0 Å². The number of benzene rings is 2. The normalized spacial score (nSPS) is 11.6. The zero-order valence-corrected chi connectivity index (χ0v) is 15.5. The average Bonchev–Trinajstić information content (AvgIpc) is 3.08. The number of para-hydroxylation sites is 2. The van der Waals surface area contributed by atoms with Crippen LogP contribution in [0.2, 0.25) is 0 Å². The van der Waals surface area contributed by atoms with Gasteiger partial charge in [-0.05, 0) is 32.0 Å². The second kappa shape index (κ2) is 8.49. The second-order valence-corrected chi connectivity index (χ2v) is 6.79. The molecule has 0 aliphatic heterocycles. The molecule has 2 amide bonds. The zero-order valence-electron chi connectivity index (χ0n) is 14.7. The smallest absolute Gasteiger partial charge is 0.315 e. The van der Waals surface area contributed by atoms with Gasteiger partial charge in [-0.1, -0.05) is 36.4 Å². The molecule has 2 aromatic carbocycles. The molecule has 6 heteroatoms. The molecule has 0 radical (unpaired) electrons. The van der Waals surface area contributed by atoms with Gasteiger partial charge in [0.1, 0.15) is 16.5 Å². The van der Waals surface area contributed by atoms with Crippen molar-refractivity contribution in [2.45, 2.75) is 26.4 Å². The Morgan fingerprint density at radius 3 is 2.62 bits per heavy atom. The molecule has 134 valence electrons. The maximum absolute atomic E-state index is 12.2. The number of ether oxygens (including phenoxy) is 1. The van der Waals surface area contributed by atoms with E-state index in [1.165, 1.54) is 0 Å². The van der Waals surface area contributed by atoms with Gasteiger partial charge in [0.25, 0.3) is 0 Å². The molecule has 0 spiro atoms. The number of carbonyl (C=O) groups is 1. The number of aryl methyl sites for hydroxylation is 1. The Morgan fingerprint density at radius 2 is 1.88 bits per heavy atom. The van der Waals surface area contributed by atoms with Crippen LogP contribution in [0.15, 0.2) is 60.0 Å². The van der Waals surface area contributed by atoms with Gasteiger partial charge in [0.15, 0.2) is 0 Å². The Bertz CT molecular complexity index is 864. The number of nitrogens with zero attached hydrogens (tertiary/aromatic N) is 1. The summed E-state index contributed by atoms with van der Waals surface area (Å²) in [4.78, 5) is 16.6. The fourth-order valence-corrected chi connectivity index (χ4v) is 3.22. The second-order valence-electron chi connectivity index (χ2n) is 5.90. The van der Waals surface area contributed by atoms with Crippen molar-refractivity contribution in [3.8, 4) is 11.5 Å². The summed E-state index contributed by atoms with van der Waals surface area (Å²) < 4.78 is 5.91. The van der Waals surface area contributed by atoms with Crippen LogP contribution in [0, 0.1) is 6.92 Å². The highest BCUT2D eigenvalue weighted by Crippen LogP contribution is 2.25. The predicted octanol–water partition coefficient (Wildman–Crippen LogP) is 4.80. The summed E-state index contributed by atoms with van der Waals surface area (Å²) in [6.07, 6.45) is 0. The lowest BCUT2D eigenvalue weighted by atomic mass is 10.2. The molecule has 3 aromatic rings. The summed E-state index contributed by atoms with van der Waals surface area (Å²) in [5.41, 5.74) is 1.87. The molecule has 2 N–H and O–H groups in total. The number of nitrogens with one attached hydrogen (secondary N) is 2. The molecular weight excluding hydrogens is 346 g/mol. The van der Waals surface area contributed by atoms with E-state index in [0.717, 1.165) is 27.8 Å². The average molecular weight is 367 g/mol. The van der Waals surface area contributed by atoms with E-state index in [1.54, 1.807) is 11.3 Å². The van der Waals surface area contributed by atoms with Crippen molar-refractivity contribution < 1.29 is 9.53 Å². The molecule has 0 bridgehead atoms. The minimum atomic E-state index is -0.236. The van der Waals surface area contributed by atoms with Crippen molar-refractivity contribution in [2.75, 3.05) is 0 Å². The van der Waals surface area contributed by atoms with Crippen LogP contribution in [0.1, 0.15) is 29.2 Å². The number of thiazole rings is 1. The summed E-state index contributed by atoms with van der Waals surface area (Å²) in [6, 6.07) is 16.9. The van der Waals surface area contributed by atoms with Crippen LogP contribution in [0.25, 0.3) is 0 Å². The van der Waals surface area contributed by atoms with E-state index in [0.29, 0.717) is 6.54 Å². The van der Waals surface area contributed by atoms with Crippen LogP contribution in [0.5, 0.6) is 11.5 Å². The van der Waals surface area contributed by atoms with Gasteiger partial charge in [0.05, 0.1) is 6.04 Å². The molecule has 0 aliphatic rings. The van der Waals surface area contributed by atoms with E-state index in [4.69, 9.17) is 4.74 Å². The standard InChI is InChI=1S/C20H21N3O2S/c1-14-13-26-19(22-14)15(2)23-20(24)21-12-16-8-6-7-11-18(16)25-17-9-4-3-5-10-17/h3-11,13,15H,12H2,1-2H3,(H2,21,23,24). The first kappa shape index (κ1) is 17.9. The fourth-order valence-electron chi connectivity index (χ4n) is 2.42. The number of rotatable bonds is 6. The van der Waals surface area contributed by atoms with E-state index in [1.807, 2.05) is 73.8 Å². The Balaban J connectivity index is 1.58. The third-order valence-electron chi connectivity index (χ3n) is 3.74. The summed E-state index contributed by atoms with van der Waals surface area (Å²) in [6.45, 7) is 4.24. The van der Waals surface area contributed by atoms with Crippen molar-refractivity contribution >= 4 is 17.4 Å². The Labute approximate surface area is 157 Å². The van der Waals surface area contributed by atoms with E-state index in [-0.39, 0.29) is 12.1 Å². The van der Waals surface area contributed by atoms with Crippen LogP contribution in [0.4, 0.5) is 4.79 Å². The lowest BCUT2D eigenvalue weighted by Crippen LogP contribution is -2.36. The number of urea groups is 1. The molecule has 0 fully saturated rings. The number of amides is 2. The molecule has 1 atom stereocenters. The van der Waals surface area contributed by atoms with Gasteiger partial charge in [0, 0.05) is 23.2 Å². The molecule has 0 aliphatic carbocycles. The number of hydrogen-bond acceptors (Lipinski definition) is 4. The minimum absolute atomic E-state index is 0.135. The van der Waals surface area contributed by atoms with E-state index in [2.05, 4.69) is 15.6 Å². The number of carbonyl (C=O) groups excluding carboxylic acids is 1. The van der Waals surface area contributed by atoms with E-state index in [9.17, 15) is 4.79 Å². The first-order valence-corrected chi connectivity index (χ1v) is 9.27. The predicted molar refractivity (Wildman–Crippen MR) is 104 cm³/mol. The fraction of sp³-hybridized carbons (Fsp3) is 0.200. The van der Waals surface area contributed by atoms with Crippen molar-refractivity contribution in [3.05, 3.63) is 76.2 Å². The van der Waals surface area contributed by atoms with Crippen molar-refractivity contribution in [1.82, 2.24) is 15.6 Å². The number of hydrogen-bond donors (Lipinski definition) is 2. The molecular formula is C20H21N3O2S. The van der Waals surface area contributed by atoms with Crippen LogP contribution < -0.4 is 15.4 Å². The first-order valence-electron chi connectivity index (χ1n) is 8.39. The van der Waals surface area contributed by atoms with E-state index < -0.39 is 0 Å². The van der Waals surface area contributed by atoms with Gasteiger partial charge >= 0.3 is 6.03 Å². The van der Waals surface area contributed by atoms with Crippen LogP contribution in [-0.2, 0) is 6.54 Å². The molecule has 3 rings (SSSR count). The highest BCUT2D eigenvalue weighted by atomic mass is 32.1. The van der Waals surface area contributed by atoms with E-state index >= 15 is 0 Å². The van der Waals surface area contributed by atoms with Crippen LogP contribution in [0.3, 0.4) is 0 Å². The maximum Gasteiger partial charge on any atom is 0.315 e. The quantitative estimate of drug-likeness (QED) is 0.657. The molecule has 1 heterocycles. The summed E-state index contributed by atoms with van der Waals surface area (Å²) >= 11 is 1.54. The lowest BCUT2D eigenvalue weighted by Gasteiger charge is -2.14. The summed E-state index contributed by atoms with van der Waals surface area (Å²) in [5, 5.41) is 8.65. The first-order chi connectivity index (χ1) is 12.6. The van der Waals surface area contributed by atoms with Gasteiger partial charge in [-0.25, -0.2) is 9.78 Å². The van der Waals surface area contributed by atoms with Crippen LogP contribution >= 0.6 is 11.3 Å². The van der Waals surface area contributed by atoms with Gasteiger partial charge in [0.2, 0.25) is 0 Å². The van der Waals surface area contributed by atoms with Gasteiger partial charge < -0.3 is 15.4 Å². The molecule has 1 unspecified atom stereocenters. The van der Waals surface area contributed by atoms with Gasteiger partial charge in [-0.2, -0.15) is 0 Å². The molecule has 26 heavy (non-hydrogen) atoms. The third kappa shape index (κ3) is 4.83. The Morgan fingerprint density at radius 1 is 1.15 bits per heavy atom. The Kier molecular flexibility index (Phi) is 5.86. The molecule has 0 saturated heterocycles. The summed E-state index contributed by atoms with van der Waals surface area (Å²) in [7, 11) is 0. The largest absolute Gasteiger partial charge is 0.457 e. The minimum Gasteiger partial charge on any atom is -0.457 e. The highest BCUT2D eigenvalue weighted by molar-refractivity contribution is 7.09. The third-order valence-corrected chi connectivity index (χ3v) is 4.88. The van der Waals surface area contributed by atoms with Crippen LogP contribution in [-0.4, -0.2) is 11.0 Å². The SMILES string of the molecule is Cc1csc(C(C)NC(=O)NCc2ccccc2Oc2ccccc2)n1. The highest BCUT2D eigenvalue weighted by Gasteiger charge is 2.13. The molecule has 0 saturated carbocycles. The molecule has 5 nitrogen and oxygen atoms in total. The van der Waals surface area contributed by atoms with Gasteiger partial charge in [-0.15, -0.1) is 11.3 Å². The molecule has 1 aromatic heterocycles. The van der Waals surface area contributed by atoms with Crippen molar-refractivity contribution in [3.63, 3.8) is 0 Å². The zero-order chi connectivity index (χ0) is 18.4.